The number of benzene rings is 1. The summed E-state index contributed by atoms with van der Waals surface area (Å²) in [7, 11) is 0. The predicted octanol–water partition coefficient (Wildman–Crippen LogP) is 3.72. The fourth-order valence-corrected chi connectivity index (χ4v) is 2.30. The maximum absolute atomic E-state index is 12.6. The maximum Gasteiger partial charge on any atom is 0.416 e. The van der Waals surface area contributed by atoms with E-state index in [0.717, 1.165) is 12.1 Å². The van der Waals surface area contributed by atoms with Gasteiger partial charge in [0.1, 0.15) is 5.78 Å². The van der Waals surface area contributed by atoms with E-state index in [-0.39, 0.29) is 18.1 Å². The first-order chi connectivity index (χ1) is 11.7. The van der Waals surface area contributed by atoms with Gasteiger partial charge in [-0.05, 0) is 43.7 Å². The first-order valence-electron chi connectivity index (χ1n) is 7.59. The molecule has 0 bridgehead atoms. The van der Waals surface area contributed by atoms with E-state index in [1.165, 1.54) is 37.4 Å². The number of amides is 1. The van der Waals surface area contributed by atoms with Gasteiger partial charge in [0.2, 0.25) is 0 Å². The average Bonchev–Trinajstić information content (AvgIpc) is 2.53. The lowest BCUT2D eigenvalue weighted by Crippen LogP contribution is -2.27. The fraction of sp³-hybridized carbons (Fsp3) is 0.278. The molecule has 0 radical (unpaired) electrons. The molecule has 4 nitrogen and oxygen atoms in total. The van der Waals surface area contributed by atoms with E-state index in [9.17, 15) is 22.8 Å². The number of nitrogens with zero attached hydrogens (tertiary/aromatic N) is 1. The molecule has 2 aromatic rings. The Hall–Kier alpha value is -2.70. The molecule has 132 valence electrons. The van der Waals surface area contributed by atoms with Crippen molar-refractivity contribution in [3.05, 3.63) is 65.0 Å². The van der Waals surface area contributed by atoms with Crippen molar-refractivity contribution in [3.63, 3.8) is 0 Å². The van der Waals surface area contributed by atoms with Crippen LogP contribution in [-0.4, -0.2) is 16.7 Å². The van der Waals surface area contributed by atoms with Crippen molar-refractivity contribution in [1.82, 2.24) is 10.3 Å². The van der Waals surface area contributed by atoms with Crippen LogP contribution in [0.5, 0.6) is 0 Å². The van der Waals surface area contributed by atoms with E-state index < -0.39 is 17.8 Å². The molecule has 25 heavy (non-hydrogen) atoms. The lowest BCUT2D eigenvalue weighted by molar-refractivity contribution is -0.137. The van der Waals surface area contributed by atoms with E-state index in [2.05, 4.69) is 10.3 Å². The van der Waals surface area contributed by atoms with Gasteiger partial charge in [0.05, 0.1) is 11.6 Å². The molecule has 0 saturated carbocycles. The Morgan fingerprint density at radius 2 is 1.80 bits per heavy atom. The summed E-state index contributed by atoms with van der Waals surface area (Å²) in [6.45, 7) is 3.11. The molecule has 0 spiro atoms. The molecular formula is C18H17F3N2O2. The number of hydrogen-bond donors (Lipinski definition) is 1. The third kappa shape index (κ3) is 5.14. The Morgan fingerprint density at radius 1 is 1.16 bits per heavy atom. The van der Waals surface area contributed by atoms with Crippen molar-refractivity contribution in [3.8, 4) is 0 Å². The second-order valence-corrected chi connectivity index (χ2v) is 5.73. The number of nitrogens with one attached hydrogen (secondary N) is 1. The summed E-state index contributed by atoms with van der Waals surface area (Å²) >= 11 is 0. The van der Waals surface area contributed by atoms with Crippen molar-refractivity contribution in [2.75, 3.05) is 0 Å². The molecule has 0 aliphatic heterocycles. The Balaban J connectivity index is 2.08. The zero-order valence-electron chi connectivity index (χ0n) is 13.7. The molecule has 0 aliphatic rings. The second-order valence-electron chi connectivity index (χ2n) is 5.73. The molecule has 0 aliphatic carbocycles. The van der Waals surface area contributed by atoms with Gasteiger partial charge in [-0.3, -0.25) is 14.6 Å². The minimum atomic E-state index is -4.39. The van der Waals surface area contributed by atoms with Crippen LogP contribution in [0.2, 0.25) is 0 Å². The van der Waals surface area contributed by atoms with E-state index in [1.807, 2.05) is 0 Å². The molecule has 0 fully saturated rings. The first kappa shape index (κ1) is 18.6. The van der Waals surface area contributed by atoms with Crippen LogP contribution < -0.4 is 5.32 Å². The third-order valence-corrected chi connectivity index (χ3v) is 3.59. The largest absolute Gasteiger partial charge is 0.416 e. The highest BCUT2D eigenvalue weighted by molar-refractivity contribution is 5.94. The topological polar surface area (TPSA) is 59.1 Å². The van der Waals surface area contributed by atoms with Crippen LogP contribution in [0.1, 0.15) is 47.1 Å². The number of carbonyl (C=O) groups is 2. The van der Waals surface area contributed by atoms with Crippen LogP contribution in [0.3, 0.4) is 0 Å². The number of carbonyl (C=O) groups excluding carboxylic acids is 2. The first-order valence-corrected chi connectivity index (χ1v) is 7.59. The fourth-order valence-electron chi connectivity index (χ4n) is 2.30. The zero-order chi connectivity index (χ0) is 18.6. The van der Waals surface area contributed by atoms with Crippen LogP contribution in [0, 0.1) is 0 Å². The Labute approximate surface area is 143 Å². The van der Waals surface area contributed by atoms with Crippen molar-refractivity contribution >= 4 is 11.7 Å². The molecule has 1 aromatic heterocycles. The SMILES string of the molecule is CC(=O)Cc1cc(C(=O)N[C@H](C)c2ccc(C(F)(F)F)cc2)ccn1. The van der Waals surface area contributed by atoms with Crippen LogP contribution in [0.25, 0.3) is 0 Å². The Kier molecular flexibility index (Phi) is 5.56. The number of alkyl halides is 3. The van der Waals surface area contributed by atoms with E-state index >= 15 is 0 Å². The predicted molar refractivity (Wildman–Crippen MR) is 85.9 cm³/mol. The van der Waals surface area contributed by atoms with Gasteiger partial charge < -0.3 is 5.32 Å². The van der Waals surface area contributed by atoms with Crippen LogP contribution >= 0.6 is 0 Å². The van der Waals surface area contributed by atoms with Crippen LogP contribution in [0.15, 0.2) is 42.6 Å². The molecule has 1 heterocycles. The lowest BCUT2D eigenvalue weighted by atomic mass is 10.1. The van der Waals surface area contributed by atoms with Gasteiger partial charge in [-0.2, -0.15) is 13.2 Å². The lowest BCUT2D eigenvalue weighted by Gasteiger charge is -2.15. The van der Waals surface area contributed by atoms with Gasteiger partial charge in [-0.1, -0.05) is 12.1 Å². The van der Waals surface area contributed by atoms with Crippen molar-refractivity contribution in [2.24, 2.45) is 0 Å². The van der Waals surface area contributed by atoms with Crippen molar-refractivity contribution in [1.29, 1.82) is 0 Å². The second kappa shape index (κ2) is 7.46. The third-order valence-electron chi connectivity index (χ3n) is 3.59. The smallest absolute Gasteiger partial charge is 0.346 e. The zero-order valence-corrected chi connectivity index (χ0v) is 13.7. The maximum atomic E-state index is 12.6. The normalized spacial score (nSPS) is 12.5. The Morgan fingerprint density at radius 3 is 2.36 bits per heavy atom. The number of aromatic nitrogens is 1. The number of Topliss-reactive ketones (excluding diaryl/α,β-unsaturated/α-hetero) is 1. The average molecular weight is 350 g/mol. The van der Waals surface area contributed by atoms with Gasteiger partial charge in [0.25, 0.3) is 5.91 Å². The van der Waals surface area contributed by atoms with Gasteiger partial charge in [-0.25, -0.2) is 0 Å². The van der Waals surface area contributed by atoms with E-state index in [1.54, 1.807) is 6.92 Å². The molecule has 1 atom stereocenters. The minimum Gasteiger partial charge on any atom is -0.346 e. The number of ketones is 1. The van der Waals surface area contributed by atoms with E-state index in [4.69, 9.17) is 0 Å². The summed E-state index contributed by atoms with van der Waals surface area (Å²) in [4.78, 5) is 27.4. The number of hydrogen-bond acceptors (Lipinski definition) is 3. The number of halogens is 3. The standard InChI is InChI=1S/C18H17F3N2O2/c1-11(24)9-16-10-14(7-8-22-16)17(25)23-12(2)13-3-5-15(6-4-13)18(19,20)21/h3-8,10,12H,9H2,1-2H3,(H,23,25)/t12-/m1/s1. The van der Waals surface area contributed by atoms with Gasteiger partial charge in [-0.15, -0.1) is 0 Å². The molecule has 2 rings (SSSR count). The van der Waals surface area contributed by atoms with Crippen LogP contribution in [-0.2, 0) is 17.4 Å². The molecule has 7 heteroatoms. The minimum absolute atomic E-state index is 0.0665. The summed E-state index contributed by atoms with van der Waals surface area (Å²) in [6.07, 6.45) is -2.82. The summed E-state index contributed by atoms with van der Waals surface area (Å²) in [6, 6.07) is 7.20. The molecule has 1 amide bonds. The highest BCUT2D eigenvalue weighted by Gasteiger charge is 2.30. The monoisotopic (exact) mass is 350 g/mol. The van der Waals surface area contributed by atoms with Crippen molar-refractivity contribution in [2.45, 2.75) is 32.5 Å². The highest BCUT2D eigenvalue weighted by atomic mass is 19.4. The molecule has 0 unspecified atom stereocenters. The molecule has 1 aromatic carbocycles. The molecular weight excluding hydrogens is 333 g/mol. The van der Waals surface area contributed by atoms with Crippen LogP contribution in [0.4, 0.5) is 13.2 Å². The van der Waals surface area contributed by atoms with Gasteiger partial charge in [0, 0.05) is 23.9 Å². The quantitative estimate of drug-likeness (QED) is 0.894. The summed E-state index contributed by atoms with van der Waals surface area (Å²) in [5, 5.41) is 2.72. The summed E-state index contributed by atoms with van der Waals surface area (Å²) in [5.74, 6) is -0.456. The molecule has 1 N–H and O–H groups in total. The summed E-state index contributed by atoms with van der Waals surface area (Å²) in [5.41, 5.74) is 0.643. The van der Waals surface area contributed by atoms with E-state index in [0.29, 0.717) is 16.8 Å². The summed E-state index contributed by atoms with van der Waals surface area (Å²) < 4.78 is 37.7. The van der Waals surface area contributed by atoms with Crippen molar-refractivity contribution < 1.29 is 22.8 Å². The highest BCUT2D eigenvalue weighted by Crippen LogP contribution is 2.29. The Bertz CT molecular complexity index is 771. The number of rotatable bonds is 5. The number of pyridine rings is 1. The molecule has 0 saturated heterocycles. The van der Waals surface area contributed by atoms with Gasteiger partial charge >= 0.3 is 6.18 Å². The van der Waals surface area contributed by atoms with Gasteiger partial charge in [0.15, 0.2) is 0 Å².